The Balaban J connectivity index is 2.02. The quantitative estimate of drug-likeness (QED) is 0.671. The molecule has 0 aromatic heterocycles. The number of nitrogens with zero attached hydrogens (tertiary/aromatic N) is 1. The fourth-order valence-electron chi connectivity index (χ4n) is 2.28. The molecule has 0 fully saturated rings. The summed E-state index contributed by atoms with van der Waals surface area (Å²) in [6, 6.07) is 12.7. The SMILES string of the molecule is CCN(C(=O)COC(=O)c1ccc(S(=O)(=O)C(F)F)cc1)c1ccccc1. The maximum absolute atomic E-state index is 12.5. The molecule has 0 radical (unpaired) electrons. The van der Waals surface area contributed by atoms with Gasteiger partial charge in [-0.25, -0.2) is 13.2 Å². The fourth-order valence-corrected chi connectivity index (χ4v) is 3.00. The molecule has 27 heavy (non-hydrogen) atoms. The number of para-hydroxylation sites is 1. The number of likely N-dealkylation sites (N-methyl/N-ethyl adjacent to an activating group) is 1. The van der Waals surface area contributed by atoms with Gasteiger partial charge in [-0.1, -0.05) is 18.2 Å². The van der Waals surface area contributed by atoms with Gasteiger partial charge < -0.3 is 9.64 Å². The summed E-state index contributed by atoms with van der Waals surface area (Å²) in [4.78, 5) is 25.1. The van der Waals surface area contributed by atoms with Crippen molar-refractivity contribution in [3.63, 3.8) is 0 Å². The first kappa shape index (κ1) is 20.5. The summed E-state index contributed by atoms with van der Waals surface area (Å²) in [6.45, 7) is 1.63. The van der Waals surface area contributed by atoms with Crippen LogP contribution in [0.5, 0.6) is 0 Å². The van der Waals surface area contributed by atoms with Gasteiger partial charge in [0.2, 0.25) is 9.84 Å². The van der Waals surface area contributed by atoms with Crippen molar-refractivity contribution in [3.8, 4) is 0 Å². The summed E-state index contributed by atoms with van der Waals surface area (Å²) >= 11 is 0. The highest BCUT2D eigenvalue weighted by Gasteiger charge is 2.26. The van der Waals surface area contributed by atoms with Gasteiger partial charge in [-0.2, -0.15) is 8.78 Å². The Bertz CT molecular complexity index is 899. The van der Waals surface area contributed by atoms with E-state index in [1.807, 2.05) is 0 Å². The van der Waals surface area contributed by atoms with Crippen molar-refractivity contribution in [2.75, 3.05) is 18.1 Å². The Morgan fingerprint density at radius 1 is 1.04 bits per heavy atom. The molecule has 9 heteroatoms. The predicted molar refractivity (Wildman–Crippen MR) is 94.4 cm³/mol. The van der Waals surface area contributed by atoms with Crippen molar-refractivity contribution < 1.29 is 31.5 Å². The Labute approximate surface area is 155 Å². The van der Waals surface area contributed by atoms with Gasteiger partial charge >= 0.3 is 11.7 Å². The number of benzene rings is 2. The van der Waals surface area contributed by atoms with Crippen molar-refractivity contribution in [1.82, 2.24) is 0 Å². The van der Waals surface area contributed by atoms with Crippen LogP contribution in [0, 0.1) is 0 Å². The number of anilines is 1. The highest BCUT2D eigenvalue weighted by atomic mass is 32.2. The van der Waals surface area contributed by atoms with Crippen LogP contribution >= 0.6 is 0 Å². The first-order valence-corrected chi connectivity index (χ1v) is 9.46. The van der Waals surface area contributed by atoms with Crippen molar-refractivity contribution >= 4 is 27.4 Å². The number of hydrogen-bond acceptors (Lipinski definition) is 5. The molecule has 0 heterocycles. The molecule has 1 amide bonds. The number of esters is 1. The maximum atomic E-state index is 12.5. The molecule has 2 rings (SSSR count). The van der Waals surface area contributed by atoms with Crippen molar-refractivity contribution in [1.29, 1.82) is 0 Å². The van der Waals surface area contributed by atoms with Gasteiger partial charge in [-0.05, 0) is 43.3 Å². The van der Waals surface area contributed by atoms with Crippen LogP contribution in [0.25, 0.3) is 0 Å². The third kappa shape index (κ3) is 4.88. The summed E-state index contributed by atoms with van der Waals surface area (Å²) in [5.74, 6) is -4.85. The van der Waals surface area contributed by atoms with Gasteiger partial charge in [-0.3, -0.25) is 4.79 Å². The van der Waals surface area contributed by atoms with E-state index in [1.165, 1.54) is 4.90 Å². The zero-order valence-corrected chi connectivity index (χ0v) is 15.2. The minimum absolute atomic E-state index is 0.0567. The number of halogens is 2. The van der Waals surface area contributed by atoms with E-state index in [0.717, 1.165) is 24.3 Å². The van der Waals surface area contributed by atoms with Gasteiger partial charge in [0.25, 0.3) is 5.91 Å². The van der Waals surface area contributed by atoms with Crippen LogP contribution in [0.15, 0.2) is 59.5 Å². The summed E-state index contributed by atoms with van der Waals surface area (Å²) < 4.78 is 52.6. The molecule has 0 unspecified atom stereocenters. The van der Waals surface area contributed by atoms with Crippen LogP contribution < -0.4 is 4.90 Å². The van der Waals surface area contributed by atoms with E-state index in [2.05, 4.69) is 0 Å². The van der Waals surface area contributed by atoms with E-state index >= 15 is 0 Å². The maximum Gasteiger partial charge on any atom is 0.341 e. The van der Waals surface area contributed by atoms with Gasteiger partial charge in [0.05, 0.1) is 10.5 Å². The third-order valence-electron chi connectivity index (χ3n) is 3.67. The van der Waals surface area contributed by atoms with E-state index in [-0.39, 0.29) is 5.56 Å². The second kappa shape index (κ2) is 8.72. The zero-order chi connectivity index (χ0) is 20.0. The second-order valence-electron chi connectivity index (χ2n) is 5.38. The molecule has 0 aliphatic heterocycles. The Kier molecular flexibility index (Phi) is 6.62. The summed E-state index contributed by atoms with van der Waals surface area (Å²) in [6.07, 6.45) is 0. The molecule has 0 aliphatic rings. The fraction of sp³-hybridized carbons (Fsp3) is 0.222. The van der Waals surface area contributed by atoms with Gasteiger partial charge in [-0.15, -0.1) is 0 Å². The number of sulfone groups is 1. The van der Waals surface area contributed by atoms with E-state index in [1.54, 1.807) is 37.3 Å². The minimum atomic E-state index is -4.74. The van der Waals surface area contributed by atoms with Crippen LogP contribution in [-0.2, 0) is 19.4 Å². The normalized spacial score (nSPS) is 11.3. The molecule has 0 N–H and O–H groups in total. The lowest BCUT2D eigenvalue weighted by Gasteiger charge is -2.20. The van der Waals surface area contributed by atoms with Gasteiger partial charge in [0, 0.05) is 12.2 Å². The van der Waals surface area contributed by atoms with Crippen molar-refractivity contribution in [2.24, 2.45) is 0 Å². The van der Waals surface area contributed by atoms with Gasteiger partial charge in [0.15, 0.2) is 6.61 Å². The Morgan fingerprint density at radius 3 is 2.15 bits per heavy atom. The number of ether oxygens (including phenoxy) is 1. The topological polar surface area (TPSA) is 80.8 Å². The van der Waals surface area contributed by atoms with E-state index in [4.69, 9.17) is 4.74 Å². The average Bonchev–Trinajstić information content (AvgIpc) is 2.67. The van der Waals surface area contributed by atoms with Crippen LogP contribution in [0.3, 0.4) is 0 Å². The summed E-state index contributed by atoms with van der Waals surface area (Å²) in [5, 5.41) is 0. The Hall–Kier alpha value is -2.81. The third-order valence-corrected chi connectivity index (χ3v) is 5.06. The standard InChI is InChI=1S/C18H17F2NO5S/c1-2-21(14-6-4-3-5-7-14)16(22)12-26-17(23)13-8-10-15(11-9-13)27(24,25)18(19)20/h3-11,18H,2,12H2,1H3. The molecule has 0 saturated heterocycles. The lowest BCUT2D eigenvalue weighted by Crippen LogP contribution is -2.34. The lowest BCUT2D eigenvalue weighted by molar-refractivity contribution is -0.121. The van der Waals surface area contributed by atoms with E-state index < -0.39 is 39.0 Å². The van der Waals surface area contributed by atoms with Crippen LogP contribution in [-0.4, -0.2) is 39.2 Å². The molecule has 0 spiro atoms. The minimum Gasteiger partial charge on any atom is -0.452 e. The highest BCUT2D eigenvalue weighted by molar-refractivity contribution is 7.91. The molecular weight excluding hydrogens is 380 g/mol. The van der Waals surface area contributed by atoms with Crippen LogP contribution in [0.4, 0.5) is 14.5 Å². The van der Waals surface area contributed by atoms with Crippen molar-refractivity contribution in [3.05, 3.63) is 60.2 Å². The van der Waals surface area contributed by atoms with E-state index in [0.29, 0.717) is 12.2 Å². The molecule has 0 saturated carbocycles. The number of amides is 1. The van der Waals surface area contributed by atoms with Crippen molar-refractivity contribution in [2.45, 2.75) is 17.6 Å². The average molecular weight is 397 g/mol. The number of carbonyl (C=O) groups excluding carboxylic acids is 2. The molecule has 2 aromatic carbocycles. The zero-order valence-electron chi connectivity index (χ0n) is 14.3. The molecule has 144 valence electrons. The molecule has 0 bridgehead atoms. The van der Waals surface area contributed by atoms with E-state index in [9.17, 15) is 26.8 Å². The number of alkyl halides is 2. The highest BCUT2D eigenvalue weighted by Crippen LogP contribution is 2.19. The van der Waals surface area contributed by atoms with Gasteiger partial charge in [0.1, 0.15) is 0 Å². The monoisotopic (exact) mass is 397 g/mol. The molecule has 6 nitrogen and oxygen atoms in total. The van der Waals surface area contributed by atoms with Crippen LogP contribution in [0.1, 0.15) is 17.3 Å². The first-order chi connectivity index (χ1) is 12.8. The number of rotatable bonds is 7. The summed E-state index contributed by atoms with van der Waals surface area (Å²) in [7, 11) is -4.74. The second-order valence-corrected chi connectivity index (χ2v) is 7.30. The molecular formula is C18H17F2NO5S. The number of carbonyl (C=O) groups is 2. The first-order valence-electron chi connectivity index (χ1n) is 7.92. The lowest BCUT2D eigenvalue weighted by atomic mass is 10.2. The summed E-state index contributed by atoms with van der Waals surface area (Å²) in [5.41, 5.74) is 0.599. The largest absolute Gasteiger partial charge is 0.452 e. The molecule has 2 aromatic rings. The van der Waals surface area contributed by atoms with Crippen LogP contribution in [0.2, 0.25) is 0 Å². The molecule has 0 aliphatic carbocycles. The Morgan fingerprint density at radius 2 is 1.63 bits per heavy atom. The predicted octanol–water partition coefficient (Wildman–Crippen LogP) is 2.89. The molecule has 0 atom stereocenters. The smallest absolute Gasteiger partial charge is 0.341 e. The number of hydrogen-bond donors (Lipinski definition) is 0.